The van der Waals surface area contributed by atoms with Crippen LogP contribution in [0.25, 0.3) is 0 Å². The number of rotatable bonds is 3. The summed E-state index contributed by atoms with van der Waals surface area (Å²) in [7, 11) is 0. The molecule has 5 nitrogen and oxygen atoms in total. The van der Waals surface area contributed by atoms with Crippen molar-refractivity contribution in [3.8, 4) is 0 Å². The molecule has 2 rings (SSSR count). The number of hydrogen-bond acceptors (Lipinski definition) is 3. The van der Waals surface area contributed by atoms with Crippen LogP contribution in [0.5, 0.6) is 0 Å². The highest BCUT2D eigenvalue weighted by Crippen LogP contribution is 2.14. The molecule has 0 atom stereocenters. The lowest BCUT2D eigenvalue weighted by molar-refractivity contribution is -0.136. The van der Waals surface area contributed by atoms with E-state index in [4.69, 9.17) is 11.6 Å². The summed E-state index contributed by atoms with van der Waals surface area (Å²) >= 11 is 5.82. The van der Waals surface area contributed by atoms with Gasteiger partial charge in [0.1, 0.15) is 0 Å². The monoisotopic (exact) mass is 343 g/mol. The second-order valence-corrected chi connectivity index (χ2v) is 5.83. The highest BCUT2D eigenvalue weighted by atomic mass is 35.5. The predicted molar refractivity (Wildman–Crippen MR) is 96.4 cm³/mol. The van der Waals surface area contributed by atoms with Crippen LogP contribution in [0.2, 0.25) is 5.02 Å². The molecular formula is C18H18ClN3O2. The number of carbonyl (C=O) groups is 2. The molecule has 0 aliphatic rings. The number of anilines is 1. The van der Waals surface area contributed by atoms with Crippen LogP contribution in [0, 0.1) is 13.8 Å². The van der Waals surface area contributed by atoms with Crippen molar-refractivity contribution in [2.45, 2.75) is 20.8 Å². The summed E-state index contributed by atoms with van der Waals surface area (Å²) in [5.41, 5.74) is 6.32. The molecule has 124 valence electrons. The average Bonchev–Trinajstić information content (AvgIpc) is 2.56. The van der Waals surface area contributed by atoms with E-state index in [2.05, 4.69) is 15.8 Å². The molecule has 0 heterocycles. The number of nitrogens with zero attached hydrogens (tertiary/aromatic N) is 1. The quantitative estimate of drug-likeness (QED) is 0.509. The summed E-state index contributed by atoms with van der Waals surface area (Å²) in [6, 6.07) is 12.4. The Bertz CT molecular complexity index is 798. The summed E-state index contributed by atoms with van der Waals surface area (Å²) in [4.78, 5) is 23.7. The van der Waals surface area contributed by atoms with Crippen molar-refractivity contribution in [3.63, 3.8) is 0 Å². The zero-order valence-electron chi connectivity index (χ0n) is 13.7. The first kappa shape index (κ1) is 17.7. The normalized spacial score (nSPS) is 11.1. The lowest BCUT2D eigenvalue weighted by Crippen LogP contribution is -2.33. The standard InChI is InChI=1S/C18H18ClN3O2/c1-11-4-9-16(10-12(11)2)20-17(23)18(24)22-21-13(3)14-5-7-15(19)8-6-14/h4-10H,1-3H3,(H,20,23)(H,22,24). The molecule has 2 aromatic rings. The first-order valence-corrected chi connectivity index (χ1v) is 7.73. The van der Waals surface area contributed by atoms with E-state index < -0.39 is 11.8 Å². The topological polar surface area (TPSA) is 70.6 Å². The summed E-state index contributed by atoms with van der Waals surface area (Å²) in [5.74, 6) is -1.60. The van der Waals surface area contributed by atoms with Crippen molar-refractivity contribution in [3.05, 3.63) is 64.2 Å². The van der Waals surface area contributed by atoms with E-state index in [-0.39, 0.29) is 0 Å². The SMILES string of the molecule is CC(=NNC(=O)C(=O)Nc1ccc(C)c(C)c1)c1ccc(Cl)cc1. The van der Waals surface area contributed by atoms with Crippen molar-refractivity contribution in [2.24, 2.45) is 5.10 Å². The van der Waals surface area contributed by atoms with E-state index in [1.54, 1.807) is 37.3 Å². The molecule has 0 spiro atoms. The van der Waals surface area contributed by atoms with Gasteiger partial charge in [-0.1, -0.05) is 29.8 Å². The van der Waals surface area contributed by atoms with Crippen LogP contribution in [-0.4, -0.2) is 17.5 Å². The average molecular weight is 344 g/mol. The Kier molecular flexibility index (Phi) is 5.71. The molecule has 0 aliphatic carbocycles. The minimum Gasteiger partial charge on any atom is -0.318 e. The molecule has 24 heavy (non-hydrogen) atoms. The number of nitrogens with one attached hydrogen (secondary N) is 2. The number of hydrazone groups is 1. The largest absolute Gasteiger partial charge is 0.329 e. The van der Waals surface area contributed by atoms with Crippen LogP contribution >= 0.6 is 11.6 Å². The third-order valence-corrected chi connectivity index (χ3v) is 3.81. The lowest BCUT2D eigenvalue weighted by Gasteiger charge is -2.07. The summed E-state index contributed by atoms with van der Waals surface area (Å²) in [6.07, 6.45) is 0. The molecule has 0 aliphatic heterocycles. The molecule has 0 saturated carbocycles. The van der Waals surface area contributed by atoms with Gasteiger partial charge in [-0.25, -0.2) is 5.43 Å². The van der Waals surface area contributed by atoms with Crippen LogP contribution in [-0.2, 0) is 9.59 Å². The smallest absolute Gasteiger partial charge is 0.318 e. The van der Waals surface area contributed by atoms with E-state index >= 15 is 0 Å². The fraction of sp³-hybridized carbons (Fsp3) is 0.167. The fourth-order valence-corrected chi connectivity index (χ4v) is 2.07. The van der Waals surface area contributed by atoms with Gasteiger partial charge < -0.3 is 5.32 Å². The van der Waals surface area contributed by atoms with Crippen molar-refractivity contribution >= 4 is 34.8 Å². The number of hydrogen-bond donors (Lipinski definition) is 2. The van der Waals surface area contributed by atoms with E-state index in [1.165, 1.54) is 0 Å². The van der Waals surface area contributed by atoms with Crippen molar-refractivity contribution in [1.29, 1.82) is 0 Å². The van der Waals surface area contributed by atoms with Crippen molar-refractivity contribution in [2.75, 3.05) is 5.32 Å². The maximum atomic E-state index is 11.9. The van der Waals surface area contributed by atoms with E-state index in [0.717, 1.165) is 16.7 Å². The van der Waals surface area contributed by atoms with Gasteiger partial charge >= 0.3 is 11.8 Å². The minimum atomic E-state index is -0.832. The summed E-state index contributed by atoms with van der Waals surface area (Å²) in [5, 5.41) is 7.09. The van der Waals surface area contributed by atoms with E-state index in [1.807, 2.05) is 26.0 Å². The molecule has 2 N–H and O–H groups in total. The first-order valence-electron chi connectivity index (χ1n) is 7.35. The second-order valence-electron chi connectivity index (χ2n) is 5.40. The van der Waals surface area contributed by atoms with Gasteiger partial charge in [-0.05, 0) is 61.7 Å². The summed E-state index contributed by atoms with van der Waals surface area (Å²) in [6.45, 7) is 5.64. The Morgan fingerprint density at radius 3 is 2.25 bits per heavy atom. The van der Waals surface area contributed by atoms with E-state index in [0.29, 0.717) is 16.4 Å². The third kappa shape index (κ3) is 4.67. The lowest BCUT2D eigenvalue weighted by atomic mass is 10.1. The van der Waals surface area contributed by atoms with Crippen molar-refractivity contribution in [1.82, 2.24) is 5.43 Å². The van der Waals surface area contributed by atoms with Gasteiger partial charge in [-0.3, -0.25) is 9.59 Å². The molecular weight excluding hydrogens is 326 g/mol. The zero-order chi connectivity index (χ0) is 17.7. The van der Waals surface area contributed by atoms with Crippen LogP contribution in [0.1, 0.15) is 23.6 Å². The summed E-state index contributed by atoms with van der Waals surface area (Å²) < 4.78 is 0. The highest BCUT2D eigenvalue weighted by molar-refractivity contribution is 6.39. The first-order chi connectivity index (χ1) is 11.4. The molecule has 0 fully saturated rings. The van der Waals surface area contributed by atoms with Gasteiger partial charge in [-0.15, -0.1) is 0 Å². The Morgan fingerprint density at radius 2 is 1.62 bits per heavy atom. The van der Waals surface area contributed by atoms with Crippen LogP contribution in [0.15, 0.2) is 47.6 Å². The molecule has 0 unspecified atom stereocenters. The van der Waals surface area contributed by atoms with Gasteiger partial charge in [0.15, 0.2) is 0 Å². The van der Waals surface area contributed by atoms with Gasteiger partial charge in [0.25, 0.3) is 0 Å². The Hall–Kier alpha value is -2.66. The molecule has 0 saturated heterocycles. The van der Waals surface area contributed by atoms with Gasteiger partial charge in [0.2, 0.25) is 0 Å². The molecule has 2 aromatic carbocycles. The van der Waals surface area contributed by atoms with Crippen molar-refractivity contribution < 1.29 is 9.59 Å². The van der Waals surface area contributed by atoms with Gasteiger partial charge in [0, 0.05) is 10.7 Å². The fourth-order valence-electron chi connectivity index (χ4n) is 1.95. The maximum absolute atomic E-state index is 11.9. The number of halogens is 1. The van der Waals surface area contributed by atoms with Crippen LogP contribution in [0.4, 0.5) is 5.69 Å². The maximum Gasteiger partial charge on any atom is 0.329 e. The van der Waals surface area contributed by atoms with E-state index in [9.17, 15) is 9.59 Å². The Labute approximate surface area is 145 Å². The zero-order valence-corrected chi connectivity index (χ0v) is 14.4. The minimum absolute atomic E-state index is 0.566. The van der Waals surface area contributed by atoms with Gasteiger partial charge in [-0.2, -0.15) is 5.10 Å². The molecule has 0 radical (unpaired) electrons. The Morgan fingerprint density at radius 1 is 0.958 bits per heavy atom. The highest BCUT2D eigenvalue weighted by Gasteiger charge is 2.13. The third-order valence-electron chi connectivity index (χ3n) is 3.56. The van der Waals surface area contributed by atoms with Gasteiger partial charge in [0.05, 0.1) is 5.71 Å². The molecule has 0 bridgehead atoms. The molecule has 0 aromatic heterocycles. The molecule has 6 heteroatoms. The number of carbonyl (C=O) groups excluding carboxylic acids is 2. The molecule has 2 amide bonds. The number of amides is 2. The van der Waals surface area contributed by atoms with Crippen LogP contribution < -0.4 is 10.7 Å². The van der Waals surface area contributed by atoms with Crippen LogP contribution in [0.3, 0.4) is 0 Å². The number of aryl methyl sites for hydroxylation is 2. The Balaban J connectivity index is 1.98. The number of benzene rings is 2. The predicted octanol–water partition coefficient (Wildman–Crippen LogP) is 3.44. The second kappa shape index (κ2) is 7.75.